The smallest absolute Gasteiger partial charge is 0.409 e. The van der Waals surface area contributed by atoms with Crippen molar-refractivity contribution in [1.82, 2.24) is 39.8 Å². The molecular formula is C62H70F2N10O6. The molecule has 13 rings (SSSR count). The third-order valence-electron chi connectivity index (χ3n) is 18.8. The number of imide groups is 1. The van der Waals surface area contributed by atoms with Crippen LogP contribution in [0.15, 0.2) is 48.5 Å². The molecule has 18 heteroatoms. The topological polar surface area (TPSA) is 160 Å². The number of aryl methyl sites for hydroxylation is 1. The summed E-state index contributed by atoms with van der Waals surface area (Å²) in [4.78, 5) is 62.3. The number of pyridine rings is 1. The molecule has 6 aromatic rings. The van der Waals surface area contributed by atoms with Gasteiger partial charge in [0.2, 0.25) is 11.8 Å². The number of nitrogens with zero attached hydrogens (tertiary/aromatic N) is 9. The maximum atomic E-state index is 17.5. The van der Waals surface area contributed by atoms with Crippen LogP contribution in [0.25, 0.3) is 43.8 Å². The van der Waals surface area contributed by atoms with Gasteiger partial charge in [-0.2, -0.15) is 15.1 Å². The number of carbonyl (C=O) groups is 3. The second-order valence-electron chi connectivity index (χ2n) is 23.9. The van der Waals surface area contributed by atoms with E-state index in [0.717, 1.165) is 100 Å². The number of likely N-dealkylation sites (tertiary alicyclic amines) is 1. The Morgan fingerprint density at radius 1 is 0.900 bits per heavy atom. The lowest BCUT2D eigenvalue weighted by molar-refractivity contribution is -0.134. The molecule has 7 aliphatic rings. The van der Waals surface area contributed by atoms with E-state index < -0.39 is 17.6 Å². The molecule has 6 fully saturated rings. The van der Waals surface area contributed by atoms with Crippen LogP contribution in [-0.4, -0.2) is 136 Å². The zero-order chi connectivity index (χ0) is 54.8. The first-order chi connectivity index (χ1) is 38.9. The molecule has 10 heterocycles. The van der Waals surface area contributed by atoms with Crippen LogP contribution in [0.4, 0.5) is 25.1 Å². The van der Waals surface area contributed by atoms with Crippen molar-refractivity contribution in [3.05, 3.63) is 77.1 Å². The number of amides is 3. The lowest BCUT2D eigenvalue weighted by Crippen LogP contribution is -2.48. The van der Waals surface area contributed by atoms with Gasteiger partial charge in [-0.3, -0.25) is 24.5 Å². The van der Waals surface area contributed by atoms with Crippen molar-refractivity contribution in [3.8, 4) is 29.6 Å². The first-order valence-electron chi connectivity index (χ1n) is 29.3. The van der Waals surface area contributed by atoms with Gasteiger partial charge in [-0.15, -0.1) is 6.42 Å². The van der Waals surface area contributed by atoms with Crippen molar-refractivity contribution in [3.63, 3.8) is 0 Å². The van der Waals surface area contributed by atoms with Gasteiger partial charge in [-0.25, -0.2) is 18.6 Å². The average Bonchev–Trinajstić information content (AvgIpc) is 4.10. The molecule has 1 N–H and O–H groups in total. The monoisotopic (exact) mass is 1090 g/mol. The van der Waals surface area contributed by atoms with Gasteiger partial charge >= 0.3 is 12.1 Å². The SMILES string of the molecule is C#Cc1c(F)ccc2cccc(-c3nc4c5c(nc(OC[C@@]67CCCN6[C@H](COC(=O)N6CCC(CC8CCN(c9ccc%10c(C%11CCC(=O)NC%11=O)nn(C(C)C)c%10c9)CC8)CC6)CC7)nc5c3F)N3CCCOC[C@@H]3CC4)c12. The number of anilines is 2. The Hall–Kier alpha value is -6.97. The summed E-state index contributed by atoms with van der Waals surface area (Å²) in [5.41, 5.74) is 3.92. The Labute approximate surface area is 464 Å². The van der Waals surface area contributed by atoms with Crippen molar-refractivity contribution in [2.24, 2.45) is 11.8 Å². The Morgan fingerprint density at radius 3 is 2.52 bits per heavy atom. The summed E-state index contributed by atoms with van der Waals surface area (Å²) in [5.74, 6) is 2.18. The van der Waals surface area contributed by atoms with Crippen LogP contribution in [0, 0.1) is 35.8 Å². The minimum absolute atomic E-state index is 0.00354. The number of rotatable bonds is 11. The van der Waals surface area contributed by atoms with Crippen LogP contribution in [-0.2, 0) is 25.5 Å². The molecule has 7 aliphatic heterocycles. The lowest BCUT2D eigenvalue weighted by Gasteiger charge is -2.37. The fourth-order valence-corrected chi connectivity index (χ4v) is 14.6. The van der Waals surface area contributed by atoms with Gasteiger partial charge in [0, 0.05) is 79.9 Å². The van der Waals surface area contributed by atoms with Crippen molar-refractivity contribution in [2.45, 2.75) is 133 Å². The highest BCUT2D eigenvalue weighted by Gasteiger charge is 2.50. The molecule has 418 valence electrons. The van der Waals surface area contributed by atoms with Gasteiger partial charge in [0.25, 0.3) is 0 Å². The van der Waals surface area contributed by atoms with Gasteiger partial charge in [0.1, 0.15) is 36.1 Å². The largest absolute Gasteiger partial charge is 0.461 e. The Bertz CT molecular complexity index is 3460. The van der Waals surface area contributed by atoms with Gasteiger partial charge in [0.05, 0.1) is 52.0 Å². The lowest BCUT2D eigenvalue weighted by atomic mass is 9.83. The van der Waals surface area contributed by atoms with E-state index in [0.29, 0.717) is 110 Å². The number of terminal acetylenes is 1. The molecule has 3 aromatic carbocycles. The molecule has 0 saturated carbocycles. The van der Waals surface area contributed by atoms with E-state index in [1.807, 2.05) is 15.6 Å². The summed E-state index contributed by atoms with van der Waals surface area (Å²) in [6, 6.07) is 15.1. The van der Waals surface area contributed by atoms with E-state index in [9.17, 15) is 14.4 Å². The number of carbonyl (C=O) groups excluding carboxylic acids is 3. The van der Waals surface area contributed by atoms with E-state index in [-0.39, 0.29) is 64.4 Å². The molecule has 4 atom stereocenters. The van der Waals surface area contributed by atoms with Crippen molar-refractivity contribution >= 4 is 62.0 Å². The predicted octanol–water partition coefficient (Wildman–Crippen LogP) is 9.63. The summed E-state index contributed by atoms with van der Waals surface area (Å²) >= 11 is 0. The van der Waals surface area contributed by atoms with Gasteiger partial charge in [-0.05, 0) is 145 Å². The summed E-state index contributed by atoms with van der Waals surface area (Å²) < 4.78 is 53.5. The molecule has 6 saturated heterocycles. The van der Waals surface area contributed by atoms with Crippen LogP contribution in [0.1, 0.15) is 126 Å². The number of hydrogen-bond acceptors (Lipinski definition) is 13. The molecule has 0 aliphatic carbocycles. The van der Waals surface area contributed by atoms with Crippen LogP contribution < -0.4 is 19.9 Å². The first kappa shape index (κ1) is 52.4. The zero-order valence-electron chi connectivity index (χ0n) is 45.9. The molecule has 0 spiro atoms. The molecule has 16 nitrogen and oxygen atoms in total. The molecule has 3 aromatic heterocycles. The number of nitrogens with one attached hydrogen (secondary N) is 1. The maximum absolute atomic E-state index is 17.5. The number of hydrogen-bond donors (Lipinski definition) is 1. The van der Waals surface area contributed by atoms with Crippen LogP contribution in [0.5, 0.6) is 6.01 Å². The minimum atomic E-state index is -0.640. The molecular weight excluding hydrogens is 1020 g/mol. The van der Waals surface area contributed by atoms with E-state index in [4.69, 9.17) is 40.7 Å². The zero-order valence-corrected chi connectivity index (χ0v) is 45.9. The normalized spacial score (nSPS) is 24.1. The average molecular weight is 1090 g/mol. The second kappa shape index (κ2) is 21.5. The van der Waals surface area contributed by atoms with Gasteiger partial charge in [0.15, 0.2) is 5.82 Å². The molecule has 80 heavy (non-hydrogen) atoms. The number of ether oxygens (including phenoxy) is 3. The number of benzene rings is 3. The minimum Gasteiger partial charge on any atom is -0.461 e. The first-order valence-corrected chi connectivity index (χ1v) is 29.3. The highest BCUT2D eigenvalue weighted by molar-refractivity contribution is 6.04. The molecule has 0 bridgehead atoms. The third-order valence-corrected chi connectivity index (χ3v) is 18.8. The summed E-state index contributed by atoms with van der Waals surface area (Å²) in [7, 11) is 0. The Morgan fingerprint density at radius 2 is 1.73 bits per heavy atom. The number of piperidine rings is 3. The van der Waals surface area contributed by atoms with Crippen molar-refractivity contribution in [1.29, 1.82) is 0 Å². The second-order valence-corrected chi connectivity index (χ2v) is 23.9. The highest BCUT2D eigenvalue weighted by Crippen LogP contribution is 2.45. The molecule has 3 amide bonds. The van der Waals surface area contributed by atoms with Crippen LogP contribution in [0.3, 0.4) is 0 Å². The van der Waals surface area contributed by atoms with E-state index in [1.165, 1.54) is 18.2 Å². The van der Waals surface area contributed by atoms with Crippen LogP contribution in [0.2, 0.25) is 0 Å². The van der Waals surface area contributed by atoms with Gasteiger partial charge in [-0.1, -0.05) is 30.2 Å². The van der Waals surface area contributed by atoms with E-state index >= 15 is 8.78 Å². The van der Waals surface area contributed by atoms with E-state index in [1.54, 1.807) is 18.2 Å². The summed E-state index contributed by atoms with van der Waals surface area (Å²) in [6.07, 6.45) is 17.4. The summed E-state index contributed by atoms with van der Waals surface area (Å²) in [5, 5.41) is 10.1. The number of halogens is 2. The predicted molar refractivity (Wildman–Crippen MR) is 301 cm³/mol. The Balaban J connectivity index is 0.634. The van der Waals surface area contributed by atoms with Crippen LogP contribution >= 0.6 is 0 Å². The van der Waals surface area contributed by atoms with Gasteiger partial charge < -0.3 is 28.9 Å². The highest BCUT2D eigenvalue weighted by atomic mass is 19.1. The fraction of sp³-hybridized carbons (Fsp3) is 0.532. The molecule has 1 unspecified atom stereocenters. The van der Waals surface area contributed by atoms with E-state index in [2.05, 4.69) is 58.0 Å². The Kier molecular flexibility index (Phi) is 14.1. The fourth-order valence-electron chi connectivity index (χ4n) is 14.6. The standard InChI is InChI=1S/C62H70F2N10O6/c1-4-44-48(63)15-10-40-8-5-9-46(52(40)44)56-54(64)57-53-49(65-56)16-12-42-34-78-31-7-25-72(42)58(53)68-60(67-57)80-36-62-23-6-26-73(62)43(18-24-62)35-79-61(77)71-29-21-39(22-30-71)32-38-19-27-70(28-20-38)41-11-13-45-50(33-41)74(37(2)3)69-55(45)47-14-17-51(75)66-59(47)76/h1,5,8-11,13,15,33,37-39,42-43,47H,6-7,12,14,16-32,34-36H2,2-3H3,(H,66,75,76)/t42-,43-,47?,62-/m0/s1. The quantitative estimate of drug-likeness (QED) is 0.0966. The summed E-state index contributed by atoms with van der Waals surface area (Å²) in [6.45, 7) is 10.8. The van der Waals surface area contributed by atoms with Crippen molar-refractivity contribution < 1.29 is 37.4 Å². The maximum Gasteiger partial charge on any atom is 0.409 e. The molecule has 0 radical (unpaired) electrons. The third kappa shape index (κ3) is 9.55. The van der Waals surface area contributed by atoms with Crippen molar-refractivity contribution in [2.75, 3.05) is 75.5 Å². The number of fused-ring (bicyclic) bond motifs is 5. The number of aromatic nitrogens is 5.